The van der Waals surface area contributed by atoms with Gasteiger partial charge in [-0.25, -0.2) is 0 Å². The fraction of sp³-hybridized carbons (Fsp3) is 0.182. The Hall–Kier alpha value is -2.34. The van der Waals surface area contributed by atoms with E-state index in [4.69, 9.17) is 0 Å². The molecule has 0 aromatic heterocycles. The zero-order chi connectivity index (χ0) is 15.6. The number of allylic oxidation sites excluding steroid dienone is 6. The Balaban J connectivity index is 2.09. The number of hydrogen-bond donors (Lipinski definition) is 0. The van der Waals surface area contributed by atoms with E-state index in [0.29, 0.717) is 0 Å². The van der Waals surface area contributed by atoms with E-state index in [1.54, 1.807) is 0 Å². The van der Waals surface area contributed by atoms with Crippen molar-refractivity contribution >= 4 is 11.1 Å². The van der Waals surface area contributed by atoms with Gasteiger partial charge in [0.2, 0.25) is 0 Å². The van der Waals surface area contributed by atoms with Gasteiger partial charge in [-0.15, -0.1) is 0 Å². The molecule has 0 atom stereocenters. The molecule has 0 bridgehead atoms. The third-order valence-corrected chi connectivity index (χ3v) is 3.70. The molecule has 22 heavy (non-hydrogen) atoms. The summed E-state index contributed by atoms with van der Waals surface area (Å²) in [7, 11) is 0. The highest BCUT2D eigenvalue weighted by atomic mass is 14.2. The van der Waals surface area contributed by atoms with Gasteiger partial charge in [-0.3, -0.25) is 0 Å². The first kappa shape index (κ1) is 14.6. The molecule has 1 aliphatic rings. The van der Waals surface area contributed by atoms with Crippen LogP contribution in [0.2, 0.25) is 0 Å². The van der Waals surface area contributed by atoms with Crippen LogP contribution in [0.3, 0.4) is 0 Å². The SMILES string of the molecule is CC(C)(C)/C=C1\C=C(c2ccccc2)C=C1c1ccccc1. The lowest BCUT2D eigenvalue weighted by Gasteiger charge is -2.15. The summed E-state index contributed by atoms with van der Waals surface area (Å²) in [5.41, 5.74) is 6.63. The van der Waals surface area contributed by atoms with Gasteiger partial charge in [0.15, 0.2) is 0 Å². The molecule has 110 valence electrons. The summed E-state index contributed by atoms with van der Waals surface area (Å²) in [5.74, 6) is 0. The quantitative estimate of drug-likeness (QED) is 0.622. The summed E-state index contributed by atoms with van der Waals surface area (Å²) >= 11 is 0. The lowest BCUT2D eigenvalue weighted by molar-refractivity contribution is 0.542. The van der Waals surface area contributed by atoms with E-state index in [0.717, 1.165) is 0 Å². The molecule has 0 fully saturated rings. The third kappa shape index (κ3) is 3.28. The van der Waals surface area contributed by atoms with Gasteiger partial charge in [0, 0.05) is 0 Å². The lowest BCUT2D eigenvalue weighted by Crippen LogP contribution is -2.01. The Bertz CT molecular complexity index is 736. The second-order valence-electron chi connectivity index (χ2n) is 6.86. The van der Waals surface area contributed by atoms with Crippen molar-refractivity contribution in [1.82, 2.24) is 0 Å². The van der Waals surface area contributed by atoms with Crippen molar-refractivity contribution in [1.29, 1.82) is 0 Å². The highest BCUT2D eigenvalue weighted by Crippen LogP contribution is 2.38. The van der Waals surface area contributed by atoms with Gasteiger partial charge in [0.05, 0.1) is 0 Å². The molecule has 0 N–H and O–H groups in total. The molecule has 2 aromatic carbocycles. The number of rotatable bonds is 2. The molecule has 0 nitrogen and oxygen atoms in total. The van der Waals surface area contributed by atoms with Gasteiger partial charge >= 0.3 is 0 Å². The highest BCUT2D eigenvalue weighted by molar-refractivity contribution is 5.99. The van der Waals surface area contributed by atoms with Crippen LogP contribution in [0.1, 0.15) is 31.9 Å². The van der Waals surface area contributed by atoms with Crippen LogP contribution in [0.25, 0.3) is 11.1 Å². The molecular formula is C22H22. The van der Waals surface area contributed by atoms with Crippen LogP contribution >= 0.6 is 0 Å². The number of benzene rings is 2. The Labute approximate surface area is 133 Å². The second kappa shape index (κ2) is 5.81. The molecular weight excluding hydrogens is 264 g/mol. The largest absolute Gasteiger partial charge is 0.0712 e. The smallest absolute Gasteiger partial charge is 0.0108 e. The van der Waals surface area contributed by atoms with E-state index in [2.05, 4.69) is 99.7 Å². The molecule has 0 heterocycles. The first-order valence-corrected chi connectivity index (χ1v) is 7.80. The predicted octanol–water partition coefficient (Wildman–Crippen LogP) is 6.14. The Kier molecular flexibility index (Phi) is 3.85. The van der Waals surface area contributed by atoms with E-state index in [1.165, 1.54) is 27.8 Å². The van der Waals surface area contributed by atoms with Crippen LogP contribution < -0.4 is 0 Å². The maximum Gasteiger partial charge on any atom is -0.0108 e. The van der Waals surface area contributed by atoms with E-state index < -0.39 is 0 Å². The monoisotopic (exact) mass is 286 g/mol. The van der Waals surface area contributed by atoms with E-state index in [9.17, 15) is 0 Å². The van der Waals surface area contributed by atoms with Crippen LogP contribution in [-0.2, 0) is 0 Å². The van der Waals surface area contributed by atoms with Gasteiger partial charge < -0.3 is 0 Å². The average Bonchev–Trinajstić information content (AvgIpc) is 2.91. The van der Waals surface area contributed by atoms with Crippen molar-refractivity contribution in [2.45, 2.75) is 20.8 Å². The van der Waals surface area contributed by atoms with Gasteiger partial charge in [-0.05, 0) is 45.4 Å². The Morgan fingerprint density at radius 2 is 1.23 bits per heavy atom. The topological polar surface area (TPSA) is 0 Å². The van der Waals surface area contributed by atoms with Crippen molar-refractivity contribution < 1.29 is 0 Å². The molecule has 0 saturated carbocycles. The van der Waals surface area contributed by atoms with E-state index in [1.807, 2.05) is 0 Å². The van der Waals surface area contributed by atoms with E-state index in [-0.39, 0.29) is 5.41 Å². The zero-order valence-electron chi connectivity index (χ0n) is 13.5. The van der Waals surface area contributed by atoms with Gasteiger partial charge in [-0.2, -0.15) is 0 Å². The van der Waals surface area contributed by atoms with Crippen LogP contribution in [-0.4, -0.2) is 0 Å². The summed E-state index contributed by atoms with van der Waals surface area (Å²) in [4.78, 5) is 0. The number of hydrogen-bond acceptors (Lipinski definition) is 0. The summed E-state index contributed by atoms with van der Waals surface area (Å²) in [6.07, 6.45) is 6.98. The van der Waals surface area contributed by atoms with Crippen molar-refractivity contribution in [2.24, 2.45) is 5.41 Å². The minimum atomic E-state index is 0.159. The summed E-state index contributed by atoms with van der Waals surface area (Å²) < 4.78 is 0. The maximum absolute atomic E-state index is 2.36. The Morgan fingerprint density at radius 1 is 0.682 bits per heavy atom. The molecule has 1 aliphatic carbocycles. The van der Waals surface area contributed by atoms with Gasteiger partial charge in [-0.1, -0.05) is 87.5 Å². The summed E-state index contributed by atoms with van der Waals surface area (Å²) in [6.45, 7) is 6.74. The van der Waals surface area contributed by atoms with Gasteiger partial charge in [0.25, 0.3) is 0 Å². The van der Waals surface area contributed by atoms with Crippen LogP contribution in [0.15, 0.2) is 84.5 Å². The predicted molar refractivity (Wildman–Crippen MR) is 96.4 cm³/mol. The fourth-order valence-corrected chi connectivity index (χ4v) is 2.78. The second-order valence-corrected chi connectivity index (χ2v) is 6.86. The van der Waals surface area contributed by atoms with Crippen LogP contribution in [0.4, 0.5) is 0 Å². The minimum Gasteiger partial charge on any atom is -0.0712 e. The average molecular weight is 286 g/mol. The molecule has 0 spiro atoms. The maximum atomic E-state index is 2.36. The first-order valence-electron chi connectivity index (χ1n) is 7.80. The lowest BCUT2D eigenvalue weighted by atomic mass is 9.90. The Morgan fingerprint density at radius 3 is 1.77 bits per heavy atom. The molecule has 2 aromatic rings. The molecule has 0 aliphatic heterocycles. The summed E-state index contributed by atoms with van der Waals surface area (Å²) in [5, 5.41) is 0. The van der Waals surface area contributed by atoms with Crippen LogP contribution in [0, 0.1) is 5.41 Å². The van der Waals surface area contributed by atoms with Crippen molar-refractivity contribution in [3.63, 3.8) is 0 Å². The molecule has 0 radical (unpaired) electrons. The normalized spacial score (nSPS) is 16.6. The molecule has 0 amide bonds. The molecule has 3 rings (SSSR count). The van der Waals surface area contributed by atoms with Gasteiger partial charge in [0.1, 0.15) is 0 Å². The summed E-state index contributed by atoms with van der Waals surface area (Å²) in [6, 6.07) is 21.2. The van der Waals surface area contributed by atoms with Crippen LogP contribution in [0.5, 0.6) is 0 Å². The standard InChI is InChI=1S/C22H22/c1-22(2,3)16-20-14-19(17-10-6-4-7-11-17)15-21(20)18-12-8-5-9-13-18/h4-16H,1-3H3/b20-16+. The molecule has 0 saturated heterocycles. The van der Waals surface area contributed by atoms with E-state index >= 15 is 0 Å². The van der Waals surface area contributed by atoms with Crippen molar-refractivity contribution in [3.05, 3.63) is 95.6 Å². The third-order valence-electron chi connectivity index (χ3n) is 3.70. The first-order chi connectivity index (χ1) is 10.5. The highest BCUT2D eigenvalue weighted by Gasteiger charge is 2.18. The zero-order valence-corrected chi connectivity index (χ0v) is 13.5. The fourth-order valence-electron chi connectivity index (χ4n) is 2.78. The molecule has 0 heteroatoms. The molecule has 0 unspecified atom stereocenters. The minimum absolute atomic E-state index is 0.159. The van der Waals surface area contributed by atoms with Crippen molar-refractivity contribution in [2.75, 3.05) is 0 Å². The van der Waals surface area contributed by atoms with Crippen molar-refractivity contribution in [3.8, 4) is 0 Å².